The summed E-state index contributed by atoms with van der Waals surface area (Å²) in [6.07, 6.45) is 4.65. The molecule has 1 N–H and O–H groups in total. The van der Waals surface area contributed by atoms with Crippen LogP contribution in [0.1, 0.15) is 57.8 Å². The van der Waals surface area contributed by atoms with Crippen LogP contribution in [0.25, 0.3) is 0 Å². The first-order valence-electron chi connectivity index (χ1n) is 8.55. The average molecular weight is 306 g/mol. The van der Waals surface area contributed by atoms with Crippen LogP contribution in [0.3, 0.4) is 0 Å². The van der Waals surface area contributed by atoms with E-state index in [2.05, 4.69) is 10.2 Å². The van der Waals surface area contributed by atoms with Gasteiger partial charge in [0.15, 0.2) is 0 Å². The van der Waals surface area contributed by atoms with Crippen LogP contribution in [-0.2, 0) is 0 Å². The molecule has 1 saturated carbocycles. The van der Waals surface area contributed by atoms with Crippen LogP contribution in [0, 0.1) is 5.92 Å². The molecule has 1 aliphatic carbocycles. The van der Waals surface area contributed by atoms with Gasteiger partial charge in [-0.05, 0) is 51.1 Å². The molecule has 2 nitrogen and oxygen atoms in total. The molecule has 2 rings (SSSR count). The largest absolute Gasteiger partial charge is 0.389 e. The lowest BCUT2D eigenvalue weighted by Crippen LogP contribution is -2.47. The second kappa shape index (κ2) is 8.37. The van der Waals surface area contributed by atoms with E-state index in [0.717, 1.165) is 25.4 Å². The van der Waals surface area contributed by atoms with Crippen molar-refractivity contribution in [1.82, 2.24) is 10.2 Å². The molecule has 0 bridgehead atoms. The fraction of sp³-hybridized carbons (Fsp3) is 1.00. The van der Waals surface area contributed by atoms with Crippen molar-refractivity contribution in [3.05, 3.63) is 0 Å². The Labute approximate surface area is 126 Å². The summed E-state index contributed by atoms with van der Waals surface area (Å²) in [5, 5.41) is 3.32. The van der Waals surface area contributed by atoms with Crippen LogP contribution >= 0.6 is 0 Å². The minimum atomic E-state index is -4.01. The maximum Gasteiger partial charge on any atom is 0.389 e. The molecule has 0 aromatic rings. The first-order valence-corrected chi connectivity index (χ1v) is 8.55. The van der Waals surface area contributed by atoms with Crippen LogP contribution < -0.4 is 5.32 Å². The lowest BCUT2D eigenvalue weighted by Gasteiger charge is -2.36. The third-order valence-electron chi connectivity index (χ3n) is 4.82. The summed E-state index contributed by atoms with van der Waals surface area (Å²) in [5.41, 5.74) is 0. The zero-order chi connectivity index (χ0) is 15.1. The van der Waals surface area contributed by atoms with Crippen LogP contribution in [-0.4, -0.2) is 43.3 Å². The van der Waals surface area contributed by atoms with Gasteiger partial charge in [-0.25, -0.2) is 0 Å². The molecule has 1 saturated heterocycles. The molecule has 1 unspecified atom stereocenters. The molecule has 2 aliphatic rings. The van der Waals surface area contributed by atoms with Crippen LogP contribution in [0.2, 0.25) is 0 Å². The molecule has 0 aromatic heterocycles. The van der Waals surface area contributed by atoms with E-state index in [4.69, 9.17) is 0 Å². The van der Waals surface area contributed by atoms with Gasteiger partial charge in [-0.15, -0.1) is 0 Å². The lowest BCUT2D eigenvalue weighted by atomic mass is 9.88. The topological polar surface area (TPSA) is 15.3 Å². The molecule has 0 radical (unpaired) electrons. The van der Waals surface area contributed by atoms with Gasteiger partial charge in [-0.2, -0.15) is 13.2 Å². The van der Waals surface area contributed by atoms with Gasteiger partial charge in [0.2, 0.25) is 0 Å². The molecule has 124 valence electrons. The van der Waals surface area contributed by atoms with Gasteiger partial charge in [0.1, 0.15) is 0 Å². The summed E-state index contributed by atoms with van der Waals surface area (Å²) in [7, 11) is 0. The third-order valence-corrected chi connectivity index (χ3v) is 4.82. The van der Waals surface area contributed by atoms with Gasteiger partial charge in [0, 0.05) is 25.6 Å². The second-order valence-corrected chi connectivity index (χ2v) is 6.78. The Morgan fingerprint density at radius 3 is 2.48 bits per heavy atom. The maximum atomic E-state index is 12.1. The third kappa shape index (κ3) is 7.00. The normalized spacial score (nSPS) is 26.1. The molecule has 5 heteroatoms. The predicted molar refractivity (Wildman–Crippen MR) is 79.3 cm³/mol. The number of hydrogen-bond acceptors (Lipinski definition) is 2. The Morgan fingerprint density at radius 2 is 1.76 bits per heavy atom. The average Bonchev–Trinajstić information content (AvgIpc) is 2.44. The van der Waals surface area contributed by atoms with Crippen molar-refractivity contribution >= 4 is 0 Å². The number of hydrogen-bond donors (Lipinski definition) is 1. The summed E-state index contributed by atoms with van der Waals surface area (Å²) in [6.45, 7) is 3.86. The fourth-order valence-corrected chi connectivity index (χ4v) is 3.72. The minimum Gasteiger partial charge on any atom is -0.313 e. The van der Waals surface area contributed by atoms with Crippen molar-refractivity contribution in [2.24, 2.45) is 5.92 Å². The summed E-state index contributed by atoms with van der Waals surface area (Å²) < 4.78 is 36.3. The van der Waals surface area contributed by atoms with Crippen molar-refractivity contribution < 1.29 is 13.2 Å². The number of rotatable bonds is 6. The Hall–Kier alpha value is -0.290. The molecule has 1 aliphatic heterocycles. The van der Waals surface area contributed by atoms with E-state index in [0.29, 0.717) is 12.6 Å². The maximum absolute atomic E-state index is 12.1. The van der Waals surface area contributed by atoms with Gasteiger partial charge in [0.25, 0.3) is 0 Å². The van der Waals surface area contributed by atoms with E-state index < -0.39 is 12.6 Å². The lowest BCUT2D eigenvalue weighted by molar-refractivity contribution is -0.135. The first kappa shape index (κ1) is 17.1. The van der Waals surface area contributed by atoms with Gasteiger partial charge in [0.05, 0.1) is 0 Å². The minimum absolute atomic E-state index is 0.197. The zero-order valence-electron chi connectivity index (χ0n) is 12.9. The van der Waals surface area contributed by atoms with Gasteiger partial charge >= 0.3 is 6.18 Å². The van der Waals surface area contributed by atoms with Gasteiger partial charge < -0.3 is 10.2 Å². The van der Waals surface area contributed by atoms with Crippen LogP contribution in [0.15, 0.2) is 0 Å². The summed E-state index contributed by atoms with van der Waals surface area (Å²) >= 11 is 0. The fourth-order valence-electron chi connectivity index (χ4n) is 3.72. The monoisotopic (exact) mass is 306 g/mol. The Kier molecular flexibility index (Phi) is 6.80. The molecule has 2 fully saturated rings. The second-order valence-electron chi connectivity index (χ2n) is 6.78. The van der Waals surface area contributed by atoms with E-state index in [1.165, 1.54) is 45.1 Å². The SMILES string of the molecule is FC(F)(F)CCCNC1CCCN(CC2CCCCC2)C1. The first-order chi connectivity index (χ1) is 10.0. The Balaban J connectivity index is 1.61. The highest BCUT2D eigenvalue weighted by molar-refractivity contribution is 4.80. The number of piperidine rings is 1. The van der Waals surface area contributed by atoms with Gasteiger partial charge in [-0.3, -0.25) is 0 Å². The molecule has 21 heavy (non-hydrogen) atoms. The van der Waals surface area contributed by atoms with E-state index in [1.54, 1.807) is 0 Å². The van der Waals surface area contributed by atoms with E-state index >= 15 is 0 Å². The zero-order valence-corrected chi connectivity index (χ0v) is 12.9. The van der Waals surface area contributed by atoms with E-state index in [9.17, 15) is 13.2 Å². The molecule has 0 aromatic carbocycles. The highest BCUT2D eigenvalue weighted by Crippen LogP contribution is 2.25. The molecule has 0 amide bonds. The number of halogens is 3. The quantitative estimate of drug-likeness (QED) is 0.747. The number of likely N-dealkylation sites (tertiary alicyclic amines) is 1. The van der Waals surface area contributed by atoms with Crippen molar-refractivity contribution in [2.45, 2.75) is 70.0 Å². The highest BCUT2D eigenvalue weighted by Gasteiger charge is 2.27. The van der Waals surface area contributed by atoms with Crippen molar-refractivity contribution in [1.29, 1.82) is 0 Å². The van der Waals surface area contributed by atoms with E-state index in [1.807, 2.05) is 0 Å². The summed E-state index contributed by atoms with van der Waals surface area (Å²) in [6, 6.07) is 0.385. The molecule has 1 atom stereocenters. The van der Waals surface area contributed by atoms with Crippen LogP contribution in [0.5, 0.6) is 0 Å². The molecule has 0 spiro atoms. The van der Waals surface area contributed by atoms with E-state index in [-0.39, 0.29) is 6.42 Å². The Morgan fingerprint density at radius 1 is 1.00 bits per heavy atom. The number of alkyl halides is 3. The highest BCUT2D eigenvalue weighted by atomic mass is 19.4. The molecular weight excluding hydrogens is 277 g/mol. The van der Waals surface area contributed by atoms with Crippen molar-refractivity contribution in [3.63, 3.8) is 0 Å². The standard InChI is InChI=1S/C16H29F3N2/c17-16(18,19)9-5-10-20-15-8-4-11-21(13-15)12-14-6-2-1-3-7-14/h14-15,20H,1-13H2. The van der Waals surface area contributed by atoms with Crippen molar-refractivity contribution in [3.8, 4) is 0 Å². The predicted octanol–water partition coefficient (Wildman–Crippen LogP) is 3.96. The van der Waals surface area contributed by atoms with Crippen molar-refractivity contribution in [2.75, 3.05) is 26.2 Å². The Bertz CT molecular complexity index is 288. The molecular formula is C16H29F3N2. The number of nitrogens with one attached hydrogen (secondary N) is 1. The van der Waals surface area contributed by atoms with Gasteiger partial charge in [-0.1, -0.05) is 19.3 Å². The summed E-state index contributed by atoms with van der Waals surface area (Å²) in [5.74, 6) is 0.850. The summed E-state index contributed by atoms with van der Waals surface area (Å²) in [4.78, 5) is 2.53. The molecule has 1 heterocycles. The van der Waals surface area contributed by atoms with Crippen LogP contribution in [0.4, 0.5) is 13.2 Å². The smallest absolute Gasteiger partial charge is 0.313 e. The number of nitrogens with zero attached hydrogens (tertiary/aromatic N) is 1.